The average Bonchev–Trinajstić information content (AvgIpc) is 3.27. The summed E-state index contributed by atoms with van der Waals surface area (Å²) in [5, 5.41) is 12.6. The highest BCUT2D eigenvalue weighted by Gasteiger charge is 2.28. The number of H-pyrrole nitrogens is 1. The SMILES string of the molecule is Cn1cc(-c2cc(N(C(=O)OC(C)(C)C)c3ccccc3)c3c(I)[nH]nc3c2)cn1. The zero-order valence-electron chi connectivity index (χ0n) is 17.2. The number of benzene rings is 2. The Morgan fingerprint density at radius 3 is 2.53 bits per heavy atom. The van der Waals surface area contributed by atoms with Crippen molar-refractivity contribution >= 4 is 51.0 Å². The van der Waals surface area contributed by atoms with Crippen LogP contribution in [-0.4, -0.2) is 31.7 Å². The predicted octanol–water partition coefficient (Wildman–Crippen LogP) is 5.64. The number of carbonyl (C=O) groups is 1. The van der Waals surface area contributed by atoms with Crippen molar-refractivity contribution in [3.05, 3.63) is 58.6 Å². The van der Waals surface area contributed by atoms with Gasteiger partial charge in [-0.05, 0) is 73.2 Å². The number of hydrogen-bond acceptors (Lipinski definition) is 4. The molecule has 0 aliphatic heterocycles. The largest absolute Gasteiger partial charge is 0.443 e. The van der Waals surface area contributed by atoms with E-state index >= 15 is 0 Å². The quantitative estimate of drug-likeness (QED) is 0.359. The second kappa shape index (κ2) is 7.75. The second-order valence-corrected chi connectivity index (χ2v) is 9.06. The van der Waals surface area contributed by atoms with E-state index in [0.29, 0.717) is 11.4 Å². The molecule has 8 heteroatoms. The van der Waals surface area contributed by atoms with Gasteiger partial charge in [-0.3, -0.25) is 9.78 Å². The topological polar surface area (TPSA) is 76.0 Å². The fourth-order valence-corrected chi connectivity index (χ4v) is 3.90. The number of amides is 1. The monoisotopic (exact) mass is 515 g/mol. The van der Waals surface area contributed by atoms with Gasteiger partial charge >= 0.3 is 6.09 Å². The molecule has 0 spiro atoms. The molecule has 2 aromatic heterocycles. The third kappa shape index (κ3) is 4.04. The molecule has 0 aliphatic rings. The average molecular weight is 515 g/mol. The summed E-state index contributed by atoms with van der Waals surface area (Å²) in [6.07, 6.45) is 3.28. The lowest BCUT2D eigenvalue weighted by Crippen LogP contribution is -2.34. The van der Waals surface area contributed by atoms with Crippen molar-refractivity contribution in [3.8, 4) is 11.1 Å². The van der Waals surface area contributed by atoms with Crippen molar-refractivity contribution in [1.29, 1.82) is 0 Å². The summed E-state index contributed by atoms with van der Waals surface area (Å²) < 4.78 is 8.35. The van der Waals surface area contributed by atoms with Gasteiger partial charge in [0, 0.05) is 18.8 Å². The van der Waals surface area contributed by atoms with Crippen LogP contribution in [-0.2, 0) is 11.8 Å². The van der Waals surface area contributed by atoms with Gasteiger partial charge in [0.05, 0.1) is 28.5 Å². The van der Waals surface area contributed by atoms with Crippen LogP contribution >= 0.6 is 22.6 Å². The molecular weight excluding hydrogens is 493 g/mol. The molecule has 7 nitrogen and oxygen atoms in total. The van der Waals surface area contributed by atoms with E-state index in [1.165, 1.54) is 0 Å². The molecular formula is C22H22IN5O2. The smallest absolute Gasteiger partial charge is 0.419 e. The zero-order chi connectivity index (χ0) is 21.5. The number of fused-ring (bicyclic) bond motifs is 1. The van der Waals surface area contributed by atoms with Crippen LogP contribution in [0, 0.1) is 3.70 Å². The Kier molecular flexibility index (Phi) is 5.27. The van der Waals surface area contributed by atoms with Gasteiger partial charge < -0.3 is 4.74 Å². The summed E-state index contributed by atoms with van der Waals surface area (Å²) in [5.74, 6) is 0. The van der Waals surface area contributed by atoms with E-state index in [-0.39, 0.29) is 0 Å². The number of aromatic amines is 1. The summed E-state index contributed by atoms with van der Waals surface area (Å²) in [5.41, 5.74) is 3.40. The Balaban J connectivity index is 1.96. The van der Waals surface area contributed by atoms with E-state index < -0.39 is 11.7 Å². The van der Waals surface area contributed by atoms with Gasteiger partial charge in [0.15, 0.2) is 0 Å². The lowest BCUT2D eigenvalue weighted by Gasteiger charge is -2.28. The summed E-state index contributed by atoms with van der Waals surface area (Å²) >= 11 is 2.20. The Bertz CT molecular complexity index is 1210. The number of ether oxygens (including phenoxy) is 1. The Labute approximate surface area is 188 Å². The first-order valence-electron chi connectivity index (χ1n) is 9.48. The fraction of sp³-hybridized carbons (Fsp3) is 0.227. The molecule has 2 heterocycles. The zero-order valence-corrected chi connectivity index (χ0v) is 19.3. The number of hydrogen-bond donors (Lipinski definition) is 1. The minimum Gasteiger partial charge on any atom is -0.443 e. The van der Waals surface area contributed by atoms with E-state index in [2.05, 4.69) is 37.9 Å². The molecule has 0 radical (unpaired) electrons. The highest BCUT2D eigenvalue weighted by Crippen LogP contribution is 2.38. The molecule has 4 rings (SSSR count). The molecule has 0 bridgehead atoms. The van der Waals surface area contributed by atoms with Crippen molar-refractivity contribution in [2.75, 3.05) is 4.90 Å². The Morgan fingerprint density at radius 2 is 1.90 bits per heavy atom. The van der Waals surface area contributed by atoms with Crippen LogP contribution < -0.4 is 4.90 Å². The highest BCUT2D eigenvalue weighted by molar-refractivity contribution is 14.1. The first kappa shape index (κ1) is 20.4. The maximum absolute atomic E-state index is 13.3. The second-order valence-electron chi connectivity index (χ2n) is 7.98. The van der Waals surface area contributed by atoms with Crippen LogP contribution in [0.4, 0.5) is 16.2 Å². The number of anilines is 2. The third-order valence-electron chi connectivity index (χ3n) is 4.46. The summed E-state index contributed by atoms with van der Waals surface area (Å²) in [6.45, 7) is 5.58. The van der Waals surface area contributed by atoms with E-state index in [1.807, 2.05) is 76.5 Å². The van der Waals surface area contributed by atoms with Gasteiger partial charge in [0.2, 0.25) is 0 Å². The molecule has 1 N–H and O–H groups in total. The number of aryl methyl sites for hydroxylation is 1. The minimum absolute atomic E-state index is 0.449. The number of carbonyl (C=O) groups excluding carboxylic acids is 1. The number of nitrogens with one attached hydrogen (secondary N) is 1. The van der Waals surface area contributed by atoms with Gasteiger partial charge in [0.25, 0.3) is 0 Å². The first-order valence-corrected chi connectivity index (χ1v) is 10.6. The van der Waals surface area contributed by atoms with E-state index in [4.69, 9.17) is 4.74 Å². The van der Waals surface area contributed by atoms with E-state index in [0.717, 1.165) is 25.7 Å². The molecule has 0 aliphatic carbocycles. The molecule has 30 heavy (non-hydrogen) atoms. The first-order chi connectivity index (χ1) is 14.2. The van der Waals surface area contributed by atoms with Gasteiger partial charge in [-0.2, -0.15) is 10.2 Å². The molecule has 2 aromatic carbocycles. The molecule has 0 atom stereocenters. The van der Waals surface area contributed by atoms with Crippen LogP contribution in [0.3, 0.4) is 0 Å². The van der Waals surface area contributed by atoms with Crippen LogP contribution in [0.2, 0.25) is 0 Å². The minimum atomic E-state index is -0.631. The van der Waals surface area contributed by atoms with E-state index in [9.17, 15) is 4.79 Å². The van der Waals surface area contributed by atoms with Crippen molar-refractivity contribution in [2.24, 2.45) is 7.05 Å². The summed E-state index contributed by atoms with van der Waals surface area (Å²) in [4.78, 5) is 14.9. The van der Waals surface area contributed by atoms with Gasteiger partial charge in [-0.25, -0.2) is 9.69 Å². The summed E-state index contributed by atoms with van der Waals surface area (Å²) in [7, 11) is 1.87. The van der Waals surface area contributed by atoms with Crippen molar-refractivity contribution in [2.45, 2.75) is 26.4 Å². The molecule has 1 amide bonds. The number of rotatable bonds is 3. The van der Waals surface area contributed by atoms with Crippen molar-refractivity contribution in [3.63, 3.8) is 0 Å². The molecule has 0 saturated heterocycles. The van der Waals surface area contributed by atoms with Crippen LogP contribution in [0.5, 0.6) is 0 Å². The maximum atomic E-state index is 13.3. The van der Waals surface area contributed by atoms with Gasteiger partial charge in [-0.1, -0.05) is 18.2 Å². The number of nitrogens with zero attached hydrogens (tertiary/aromatic N) is 4. The van der Waals surface area contributed by atoms with E-state index in [1.54, 1.807) is 15.8 Å². The standard InChI is InChI=1S/C22H22IN5O2/c1-22(2,3)30-21(29)28(16-8-6-5-7-9-16)18-11-14(15-12-24-27(4)13-15)10-17-19(18)20(23)26-25-17/h5-13H,1-4H3,(H,25,26). The molecule has 0 unspecified atom stereocenters. The number of aromatic nitrogens is 4. The van der Waals surface area contributed by atoms with Crippen molar-refractivity contribution in [1.82, 2.24) is 20.0 Å². The van der Waals surface area contributed by atoms with Crippen LogP contribution in [0.25, 0.3) is 22.0 Å². The molecule has 4 aromatic rings. The summed E-state index contributed by atoms with van der Waals surface area (Å²) in [6, 6.07) is 13.5. The van der Waals surface area contributed by atoms with Gasteiger partial charge in [0.1, 0.15) is 9.30 Å². The lowest BCUT2D eigenvalue weighted by molar-refractivity contribution is 0.0599. The van der Waals surface area contributed by atoms with Gasteiger partial charge in [-0.15, -0.1) is 0 Å². The number of para-hydroxylation sites is 1. The van der Waals surface area contributed by atoms with Crippen molar-refractivity contribution < 1.29 is 9.53 Å². The lowest BCUT2D eigenvalue weighted by atomic mass is 10.0. The Hall–Kier alpha value is -2.88. The maximum Gasteiger partial charge on any atom is 0.419 e. The number of halogens is 1. The fourth-order valence-electron chi connectivity index (χ4n) is 3.23. The normalized spacial score (nSPS) is 11.6. The van der Waals surface area contributed by atoms with Crippen LogP contribution in [0.1, 0.15) is 20.8 Å². The molecule has 0 saturated carbocycles. The predicted molar refractivity (Wildman–Crippen MR) is 126 cm³/mol. The molecule has 154 valence electrons. The Morgan fingerprint density at radius 1 is 1.17 bits per heavy atom. The third-order valence-corrected chi connectivity index (χ3v) is 5.24. The molecule has 0 fully saturated rings. The highest BCUT2D eigenvalue weighted by atomic mass is 127. The van der Waals surface area contributed by atoms with Crippen LogP contribution in [0.15, 0.2) is 54.9 Å².